The van der Waals surface area contributed by atoms with Crippen molar-refractivity contribution in [1.82, 2.24) is 0 Å². The van der Waals surface area contributed by atoms with Gasteiger partial charge in [0.2, 0.25) is 0 Å². The molecule has 0 N–H and O–H groups in total. The van der Waals surface area contributed by atoms with Gasteiger partial charge in [0.25, 0.3) is 0 Å². The molecule has 0 aliphatic heterocycles. The fourth-order valence-corrected chi connectivity index (χ4v) is 5.15. The minimum Gasteiger partial charge on any atom is -0.370 e. The van der Waals surface area contributed by atoms with Gasteiger partial charge >= 0.3 is 0 Å². The van der Waals surface area contributed by atoms with Gasteiger partial charge < -0.3 is 19.1 Å². The number of unbranched alkanes of at least 4 members (excludes halogenated alkanes) is 18. The van der Waals surface area contributed by atoms with E-state index >= 15 is 0 Å². The zero-order valence-corrected chi connectivity index (χ0v) is 24.1. The van der Waals surface area contributed by atoms with Crippen LogP contribution in [0.5, 0.6) is 0 Å². The number of hydrogen-bond donors (Lipinski definition) is 0. The summed E-state index contributed by atoms with van der Waals surface area (Å²) in [7, 11) is 0. The van der Waals surface area contributed by atoms with E-state index in [1.807, 2.05) is 0 Å². The Labute approximate surface area is 222 Å². The van der Waals surface area contributed by atoms with Gasteiger partial charge in [-0.05, 0) is 12.8 Å². The maximum absolute atomic E-state index is 11.3. The van der Waals surface area contributed by atoms with E-state index < -0.39 is 0 Å². The second-order valence-corrected chi connectivity index (χ2v) is 11.1. The standard InChI is InChI=1S/C30H58O4S/c1-3-5-7-9-11-13-15-17-19-21-23-33-29(25-31)27-35-28-30(26-32)34-24-22-20-18-16-14-12-10-8-6-4-2/h25-26,29-30H,3-24,27-28H2,1-2H3. The van der Waals surface area contributed by atoms with Gasteiger partial charge in [-0.25, -0.2) is 0 Å². The first kappa shape index (κ1) is 34.6. The summed E-state index contributed by atoms with van der Waals surface area (Å²) >= 11 is 1.57. The average molecular weight is 515 g/mol. The molecule has 0 heterocycles. The van der Waals surface area contributed by atoms with Crippen LogP contribution in [0.2, 0.25) is 0 Å². The largest absolute Gasteiger partial charge is 0.370 e. The third kappa shape index (κ3) is 26.5. The lowest BCUT2D eigenvalue weighted by Gasteiger charge is -2.14. The Hall–Kier alpha value is -0.390. The highest BCUT2D eigenvalue weighted by Crippen LogP contribution is 2.13. The Kier molecular flexibility index (Phi) is 29.5. The van der Waals surface area contributed by atoms with Crippen molar-refractivity contribution >= 4 is 24.3 Å². The number of rotatable bonds is 30. The van der Waals surface area contributed by atoms with Gasteiger partial charge in [-0.1, -0.05) is 129 Å². The third-order valence-electron chi connectivity index (χ3n) is 6.53. The molecular weight excluding hydrogens is 456 g/mol. The quantitative estimate of drug-likeness (QED) is 0.0708. The number of carbonyl (C=O) groups is 2. The summed E-state index contributed by atoms with van der Waals surface area (Å²) in [5.74, 6) is 1.18. The zero-order chi connectivity index (χ0) is 25.7. The second-order valence-electron chi connectivity index (χ2n) is 9.99. The lowest BCUT2D eigenvalue weighted by Crippen LogP contribution is -2.22. The van der Waals surface area contributed by atoms with Crippen LogP contribution in [0.1, 0.15) is 142 Å². The molecule has 0 aromatic carbocycles. The van der Waals surface area contributed by atoms with Crippen LogP contribution in [-0.4, -0.2) is 49.5 Å². The summed E-state index contributed by atoms with van der Waals surface area (Å²) < 4.78 is 11.5. The van der Waals surface area contributed by atoms with E-state index in [0.29, 0.717) is 24.7 Å². The molecule has 0 aromatic rings. The first-order valence-corrected chi connectivity index (χ1v) is 16.1. The molecule has 0 aliphatic carbocycles. The molecule has 0 saturated carbocycles. The molecule has 4 nitrogen and oxygen atoms in total. The zero-order valence-electron chi connectivity index (χ0n) is 23.3. The molecule has 0 spiro atoms. The molecule has 2 unspecified atom stereocenters. The predicted molar refractivity (Wildman–Crippen MR) is 153 cm³/mol. The molecule has 0 amide bonds. The SMILES string of the molecule is CCCCCCCCCCCCOC(C=O)CSCC(C=O)OCCCCCCCCCCCC. The molecule has 208 valence electrons. The van der Waals surface area contributed by atoms with Crippen LogP contribution < -0.4 is 0 Å². The monoisotopic (exact) mass is 514 g/mol. The van der Waals surface area contributed by atoms with E-state index in [0.717, 1.165) is 25.4 Å². The average Bonchev–Trinajstić information content (AvgIpc) is 2.88. The van der Waals surface area contributed by atoms with Crippen molar-refractivity contribution in [3.8, 4) is 0 Å². The maximum Gasteiger partial charge on any atom is 0.149 e. The molecule has 2 atom stereocenters. The summed E-state index contributed by atoms with van der Waals surface area (Å²) in [5, 5.41) is 0. The molecule has 0 aliphatic rings. The van der Waals surface area contributed by atoms with Crippen LogP contribution in [-0.2, 0) is 19.1 Å². The molecule has 0 saturated heterocycles. The van der Waals surface area contributed by atoms with E-state index in [1.54, 1.807) is 11.8 Å². The molecule has 0 bridgehead atoms. The number of hydrogen-bond acceptors (Lipinski definition) is 5. The summed E-state index contributed by atoms with van der Waals surface area (Å²) in [6.45, 7) is 5.80. The molecule has 0 rings (SSSR count). The Morgan fingerprint density at radius 2 is 0.771 bits per heavy atom. The van der Waals surface area contributed by atoms with Crippen LogP contribution in [0, 0.1) is 0 Å². The van der Waals surface area contributed by atoms with Crippen molar-refractivity contribution in [3.05, 3.63) is 0 Å². The summed E-state index contributed by atoms with van der Waals surface area (Å²) in [5.41, 5.74) is 0. The Morgan fingerprint density at radius 3 is 1.06 bits per heavy atom. The predicted octanol–water partition coefficient (Wildman–Crippen LogP) is 8.73. The maximum atomic E-state index is 11.3. The topological polar surface area (TPSA) is 52.6 Å². The molecule has 35 heavy (non-hydrogen) atoms. The highest BCUT2D eigenvalue weighted by molar-refractivity contribution is 7.99. The highest BCUT2D eigenvalue weighted by Gasteiger charge is 2.12. The smallest absolute Gasteiger partial charge is 0.149 e. The minimum atomic E-state index is -0.382. The van der Waals surface area contributed by atoms with Crippen molar-refractivity contribution < 1.29 is 19.1 Å². The lowest BCUT2D eigenvalue weighted by atomic mass is 10.1. The van der Waals surface area contributed by atoms with Crippen LogP contribution in [0.25, 0.3) is 0 Å². The Morgan fingerprint density at radius 1 is 0.486 bits per heavy atom. The molecule has 0 aromatic heterocycles. The first-order chi connectivity index (χ1) is 17.3. The highest BCUT2D eigenvalue weighted by atomic mass is 32.2. The Balaban J connectivity index is 3.55. The van der Waals surface area contributed by atoms with Gasteiger partial charge in [-0.15, -0.1) is 0 Å². The van der Waals surface area contributed by atoms with E-state index in [9.17, 15) is 9.59 Å². The van der Waals surface area contributed by atoms with Crippen LogP contribution in [0.4, 0.5) is 0 Å². The molecule has 0 fully saturated rings. The summed E-state index contributed by atoms with van der Waals surface area (Å²) in [6, 6.07) is 0. The van der Waals surface area contributed by atoms with Gasteiger partial charge in [0, 0.05) is 24.7 Å². The van der Waals surface area contributed by atoms with E-state index in [1.165, 1.54) is 116 Å². The van der Waals surface area contributed by atoms with Crippen molar-refractivity contribution in [2.24, 2.45) is 0 Å². The fourth-order valence-electron chi connectivity index (χ4n) is 4.20. The van der Waals surface area contributed by atoms with Gasteiger partial charge in [-0.2, -0.15) is 11.8 Å². The van der Waals surface area contributed by atoms with Gasteiger partial charge in [0.1, 0.15) is 24.8 Å². The number of carbonyl (C=O) groups excluding carboxylic acids is 2. The minimum absolute atomic E-state index is 0.382. The normalized spacial score (nSPS) is 13.1. The molecule has 0 radical (unpaired) electrons. The van der Waals surface area contributed by atoms with Crippen LogP contribution in [0.3, 0.4) is 0 Å². The summed E-state index contributed by atoms with van der Waals surface area (Å²) in [6.07, 6.45) is 26.9. The Bertz CT molecular complexity index is 395. The van der Waals surface area contributed by atoms with Crippen molar-refractivity contribution in [1.29, 1.82) is 0 Å². The second kappa shape index (κ2) is 29.8. The first-order valence-electron chi connectivity index (χ1n) is 15.0. The van der Waals surface area contributed by atoms with Crippen molar-refractivity contribution in [3.63, 3.8) is 0 Å². The van der Waals surface area contributed by atoms with Crippen LogP contribution >= 0.6 is 11.8 Å². The van der Waals surface area contributed by atoms with Gasteiger partial charge in [0.05, 0.1) is 0 Å². The summed E-state index contributed by atoms with van der Waals surface area (Å²) in [4.78, 5) is 22.6. The van der Waals surface area contributed by atoms with E-state index in [-0.39, 0.29) is 12.2 Å². The number of aldehydes is 2. The van der Waals surface area contributed by atoms with E-state index in [4.69, 9.17) is 9.47 Å². The van der Waals surface area contributed by atoms with Gasteiger partial charge in [-0.3, -0.25) is 0 Å². The number of ether oxygens (including phenoxy) is 2. The molecular formula is C30H58O4S. The molecule has 5 heteroatoms. The van der Waals surface area contributed by atoms with Gasteiger partial charge in [0.15, 0.2) is 0 Å². The fraction of sp³-hybridized carbons (Fsp3) is 0.933. The third-order valence-corrected chi connectivity index (χ3v) is 7.66. The van der Waals surface area contributed by atoms with E-state index in [2.05, 4.69) is 13.8 Å². The van der Waals surface area contributed by atoms with Crippen molar-refractivity contribution in [2.75, 3.05) is 24.7 Å². The number of thioether (sulfide) groups is 1. The van der Waals surface area contributed by atoms with Crippen LogP contribution in [0.15, 0.2) is 0 Å². The lowest BCUT2D eigenvalue weighted by molar-refractivity contribution is -0.117. The van der Waals surface area contributed by atoms with Crippen molar-refractivity contribution in [2.45, 2.75) is 154 Å².